The molecule has 1 aliphatic heterocycles. The van der Waals surface area contributed by atoms with Gasteiger partial charge in [-0.25, -0.2) is 0 Å². The molecular weight excluding hydrogens is 261 g/mol. The second kappa shape index (κ2) is 5.51. The Morgan fingerprint density at radius 1 is 1.55 bits per heavy atom. The summed E-state index contributed by atoms with van der Waals surface area (Å²) < 4.78 is 11.1. The molecule has 1 unspecified atom stereocenters. The molecule has 1 aliphatic rings. The smallest absolute Gasteiger partial charge is 0.361 e. The van der Waals surface area contributed by atoms with Crippen molar-refractivity contribution in [3.8, 4) is 0 Å². The molecule has 20 heavy (non-hydrogen) atoms. The van der Waals surface area contributed by atoms with E-state index in [1.807, 2.05) is 32.9 Å². The average Bonchev–Trinajstić information content (AvgIpc) is 2.33. The SMILES string of the molecule is Cc1ccc(C2OC(C)(C)B2OCO)c(C[N+](=O)[O-])c1. The van der Waals surface area contributed by atoms with Crippen molar-refractivity contribution in [3.63, 3.8) is 0 Å². The average molecular weight is 279 g/mol. The predicted molar refractivity (Wildman–Crippen MR) is 73.7 cm³/mol. The Labute approximate surface area is 118 Å². The van der Waals surface area contributed by atoms with Gasteiger partial charge in [0.25, 0.3) is 0 Å². The van der Waals surface area contributed by atoms with Crippen LogP contribution in [0.25, 0.3) is 0 Å². The maximum absolute atomic E-state index is 10.8. The van der Waals surface area contributed by atoms with Crippen molar-refractivity contribution in [3.05, 3.63) is 45.0 Å². The third kappa shape index (κ3) is 2.84. The van der Waals surface area contributed by atoms with E-state index in [1.54, 1.807) is 6.07 Å². The second-order valence-corrected chi connectivity index (χ2v) is 5.55. The summed E-state index contributed by atoms with van der Waals surface area (Å²) in [4.78, 5) is 10.4. The van der Waals surface area contributed by atoms with Gasteiger partial charge in [-0.05, 0) is 32.4 Å². The van der Waals surface area contributed by atoms with Crippen LogP contribution in [0, 0.1) is 17.0 Å². The van der Waals surface area contributed by atoms with Gasteiger partial charge in [0.15, 0.2) is 0 Å². The Balaban J connectivity index is 2.30. The normalized spacial score (nSPS) is 20.6. The van der Waals surface area contributed by atoms with Gasteiger partial charge in [0.1, 0.15) is 6.79 Å². The largest absolute Gasteiger partial charge is 0.408 e. The quantitative estimate of drug-likeness (QED) is 0.383. The number of hydrogen-bond acceptors (Lipinski definition) is 5. The zero-order chi connectivity index (χ0) is 14.9. The number of ether oxygens (including phenoxy) is 1. The molecule has 0 saturated carbocycles. The summed E-state index contributed by atoms with van der Waals surface area (Å²) in [5.41, 5.74) is 1.83. The molecule has 108 valence electrons. The highest BCUT2D eigenvalue weighted by atomic mass is 16.6. The molecule has 0 amide bonds. The van der Waals surface area contributed by atoms with E-state index in [9.17, 15) is 10.1 Å². The zero-order valence-electron chi connectivity index (χ0n) is 11.8. The molecule has 2 rings (SSSR count). The number of aliphatic hydroxyl groups excluding tert-OH is 1. The van der Waals surface area contributed by atoms with Gasteiger partial charge in [-0.1, -0.05) is 17.7 Å². The number of hydrogen-bond donors (Lipinski definition) is 1. The van der Waals surface area contributed by atoms with E-state index in [1.165, 1.54) is 0 Å². The molecule has 0 spiro atoms. The van der Waals surface area contributed by atoms with Crippen LogP contribution < -0.4 is 0 Å². The highest BCUT2D eigenvalue weighted by molar-refractivity contribution is 6.59. The molecule has 0 radical (unpaired) electrons. The molecule has 1 aromatic carbocycles. The van der Waals surface area contributed by atoms with Crippen LogP contribution in [0.1, 0.15) is 36.5 Å². The molecular formula is C13H18BNO5. The van der Waals surface area contributed by atoms with Gasteiger partial charge in [0.2, 0.25) is 6.54 Å². The van der Waals surface area contributed by atoms with E-state index in [4.69, 9.17) is 14.5 Å². The topological polar surface area (TPSA) is 81.8 Å². The van der Waals surface area contributed by atoms with Crippen LogP contribution in [0.3, 0.4) is 0 Å². The lowest BCUT2D eigenvalue weighted by atomic mass is 9.42. The van der Waals surface area contributed by atoms with E-state index in [2.05, 4.69) is 0 Å². The van der Waals surface area contributed by atoms with Crippen molar-refractivity contribution >= 4 is 6.92 Å². The summed E-state index contributed by atoms with van der Waals surface area (Å²) >= 11 is 0. The maximum atomic E-state index is 10.8. The number of benzene rings is 1. The van der Waals surface area contributed by atoms with Crippen LogP contribution in [-0.2, 0) is 15.9 Å². The molecule has 1 aromatic rings. The van der Waals surface area contributed by atoms with Gasteiger partial charge in [-0.15, -0.1) is 0 Å². The van der Waals surface area contributed by atoms with Gasteiger partial charge < -0.3 is 14.5 Å². The molecule has 1 atom stereocenters. The van der Waals surface area contributed by atoms with E-state index in [0.717, 1.165) is 11.1 Å². The zero-order valence-corrected chi connectivity index (χ0v) is 11.8. The Hall–Kier alpha value is -1.44. The lowest BCUT2D eigenvalue weighted by Crippen LogP contribution is -2.61. The van der Waals surface area contributed by atoms with E-state index in [0.29, 0.717) is 5.56 Å². The van der Waals surface area contributed by atoms with Crippen LogP contribution in [0.2, 0.25) is 0 Å². The van der Waals surface area contributed by atoms with E-state index in [-0.39, 0.29) is 24.4 Å². The molecule has 0 bridgehead atoms. The van der Waals surface area contributed by atoms with E-state index < -0.39 is 12.3 Å². The number of aliphatic hydroxyl groups is 1. The summed E-state index contributed by atoms with van der Waals surface area (Å²) in [6.45, 7) is 4.66. The second-order valence-electron chi connectivity index (χ2n) is 5.55. The molecule has 1 fully saturated rings. The summed E-state index contributed by atoms with van der Waals surface area (Å²) in [7, 11) is 0. The Morgan fingerprint density at radius 3 is 2.80 bits per heavy atom. The standard InChI is InChI=1S/C13H18BNO5/c1-9-4-5-11(10(6-9)7-15(17)18)12-14(19-8-16)13(2,3)20-12/h4-6,12,16H,7-8H2,1-3H3. The molecule has 7 heteroatoms. The van der Waals surface area contributed by atoms with Gasteiger partial charge in [0, 0.05) is 10.5 Å². The molecule has 6 nitrogen and oxygen atoms in total. The highest BCUT2D eigenvalue weighted by Gasteiger charge is 2.55. The Bertz CT molecular complexity index is 519. The maximum Gasteiger partial charge on any atom is 0.361 e. The predicted octanol–water partition coefficient (Wildman–Crippen LogP) is 1.66. The van der Waals surface area contributed by atoms with Crippen molar-refractivity contribution in [1.29, 1.82) is 0 Å². The van der Waals surface area contributed by atoms with Crippen LogP contribution in [0.15, 0.2) is 18.2 Å². The molecule has 1 saturated heterocycles. The van der Waals surface area contributed by atoms with Crippen molar-refractivity contribution in [1.82, 2.24) is 0 Å². The first-order chi connectivity index (χ1) is 9.35. The van der Waals surface area contributed by atoms with Crippen molar-refractivity contribution in [2.24, 2.45) is 0 Å². The van der Waals surface area contributed by atoms with Gasteiger partial charge in [-0.2, -0.15) is 0 Å². The van der Waals surface area contributed by atoms with Gasteiger partial charge in [-0.3, -0.25) is 10.1 Å². The summed E-state index contributed by atoms with van der Waals surface area (Å²) in [6.07, 6.45) is 0. The Morgan fingerprint density at radius 2 is 2.25 bits per heavy atom. The number of nitro groups is 1. The van der Waals surface area contributed by atoms with Crippen molar-refractivity contribution in [2.75, 3.05) is 6.79 Å². The first kappa shape index (κ1) is 15.0. The first-order valence-corrected chi connectivity index (χ1v) is 6.46. The Kier molecular flexibility index (Phi) is 4.13. The molecule has 1 heterocycles. The highest BCUT2D eigenvalue weighted by Crippen LogP contribution is 2.43. The minimum atomic E-state index is -0.510. The third-order valence-electron chi connectivity index (χ3n) is 3.55. The monoisotopic (exact) mass is 279 g/mol. The molecule has 1 N–H and O–H groups in total. The summed E-state index contributed by atoms with van der Waals surface area (Å²) in [5, 5.41) is 19.8. The summed E-state index contributed by atoms with van der Waals surface area (Å²) in [6, 6.07) is 5.14. The minimum absolute atomic E-state index is 0.247. The summed E-state index contributed by atoms with van der Waals surface area (Å²) in [5.74, 6) is 0. The lowest BCUT2D eigenvalue weighted by Gasteiger charge is -2.48. The van der Waals surface area contributed by atoms with Crippen LogP contribution >= 0.6 is 0 Å². The van der Waals surface area contributed by atoms with Crippen molar-refractivity contribution < 1.29 is 19.4 Å². The first-order valence-electron chi connectivity index (χ1n) is 6.46. The third-order valence-corrected chi connectivity index (χ3v) is 3.55. The van der Waals surface area contributed by atoms with Gasteiger partial charge in [0.05, 0.1) is 11.5 Å². The van der Waals surface area contributed by atoms with Crippen molar-refractivity contribution in [2.45, 2.75) is 38.8 Å². The fraction of sp³-hybridized carbons (Fsp3) is 0.538. The fourth-order valence-corrected chi connectivity index (χ4v) is 2.63. The fourth-order valence-electron chi connectivity index (χ4n) is 2.63. The number of nitrogens with zero attached hydrogens (tertiary/aromatic N) is 1. The van der Waals surface area contributed by atoms with Crippen LogP contribution in [0.4, 0.5) is 0 Å². The molecule has 0 aliphatic carbocycles. The van der Waals surface area contributed by atoms with Gasteiger partial charge >= 0.3 is 6.92 Å². The lowest BCUT2D eigenvalue weighted by molar-refractivity contribution is -0.497. The van der Waals surface area contributed by atoms with Crippen LogP contribution in [0.5, 0.6) is 0 Å². The number of rotatable bonds is 5. The number of aryl methyl sites for hydroxylation is 1. The van der Waals surface area contributed by atoms with Crippen LogP contribution in [-0.4, -0.2) is 29.2 Å². The van der Waals surface area contributed by atoms with E-state index >= 15 is 0 Å². The molecule has 0 aromatic heterocycles. The minimum Gasteiger partial charge on any atom is -0.408 e.